The molecule has 0 aliphatic carbocycles. The second-order valence-corrected chi connectivity index (χ2v) is 3.81. The molecule has 0 aliphatic heterocycles. The molecular formula is C11H21N5O. The Labute approximate surface area is 102 Å². The highest BCUT2D eigenvalue weighted by atomic mass is 16.5. The van der Waals surface area contributed by atoms with Crippen LogP contribution in [0, 0.1) is 6.92 Å². The lowest BCUT2D eigenvalue weighted by atomic mass is 10.2. The number of unbranched alkanes of at least 4 members (excludes halogenated alkanes) is 2. The van der Waals surface area contributed by atoms with Gasteiger partial charge in [-0.3, -0.25) is 0 Å². The highest BCUT2D eigenvalue weighted by molar-refractivity contribution is 5.46. The standard InChI is InChI=1S/C11H21N5O/c1-9-14-10(8-11(15-9)16-12)13-6-4-3-5-7-17-2/h8H,3-7,12H2,1-2H3,(H2,13,14,15,16). The predicted octanol–water partition coefficient (Wildman–Crippen LogP) is 1.30. The number of nitrogen functional groups attached to an aromatic ring is 1. The third-order valence-corrected chi connectivity index (χ3v) is 2.32. The number of hydrazine groups is 1. The average molecular weight is 239 g/mol. The number of hydrogen-bond acceptors (Lipinski definition) is 6. The Morgan fingerprint density at radius 1 is 1.24 bits per heavy atom. The van der Waals surface area contributed by atoms with Gasteiger partial charge in [-0.25, -0.2) is 15.8 Å². The van der Waals surface area contributed by atoms with Crippen molar-refractivity contribution in [3.05, 3.63) is 11.9 Å². The summed E-state index contributed by atoms with van der Waals surface area (Å²) in [5, 5.41) is 3.25. The largest absolute Gasteiger partial charge is 0.385 e. The molecule has 0 saturated heterocycles. The molecule has 4 N–H and O–H groups in total. The molecule has 1 aromatic heterocycles. The van der Waals surface area contributed by atoms with Crippen LogP contribution in [0.25, 0.3) is 0 Å². The Bertz CT molecular complexity index is 332. The molecular weight excluding hydrogens is 218 g/mol. The molecule has 0 radical (unpaired) electrons. The van der Waals surface area contributed by atoms with Crippen LogP contribution in [0.2, 0.25) is 0 Å². The summed E-state index contributed by atoms with van der Waals surface area (Å²) >= 11 is 0. The van der Waals surface area contributed by atoms with E-state index in [-0.39, 0.29) is 0 Å². The predicted molar refractivity (Wildman–Crippen MR) is 68.8 cm³/mol. The van der Waals surface area contributed by atoms with Crippen LogP contribution < -0.4 is 16.6 Å². The van der Waals surface area contributed by atoms with E-state index in [1.807, 2.05) is 6.92 Å². The second kappa shape index (κ2) is 7.81. The molecule has 0 unspecified atom stereocenters. The zero-order chi connectivity index (χ0) is 12.5. The number of rotatable bonds is 8. The monoisotopic (exact) mass is 239 g/mol. The van der Waals surface area contributed by atoms with Crippen molar-refractivity contribution in [2.75, 3.05) is 31.0 Å². The molecule has 0 fully saturated rings. The van der Waals surface area contributed by atoms with E-state index in [2.05, 4.69) is 20.7 Å². The number of ether oxygens (including phenoxy) is 1. The molecule has 96 valence electrons. The van der Waals surface area contributed by atoms with E-state index in [1.54, 1.807) is 13.2 Å². The van der Waals surface area contributed by atoms with Crippen LogP contribution >= 0.6 is 0 Å². The number of aromatic nitrogens is 2. The van der Waals surface area contributed by atoms with Gasteiger partial charge in [-0.2, -0.15) is 0 Å². The molecule has 1 heterocycles. The molecule has 0 saturated carbocycles. The summed E-state index contributed by atoms with van der Waals surface area (Å²) in [6.07, 6.45) is 3.33. The Morgan fingerprint density at radius 2 is 2.00 bits per heavy atom. The number of nitrogens with zero attached hydrogens (tertiary/aromatic N) is 2. The maximum Gasteiger partial charge on any atom is 0.145 e. The normalized spacial score (nSPS) is 10.3. The lowest BCUT2D eigenvalue weighted by Crippen LogP contribution is -2.11. The van der Waals surface area contributed by atoms with E-state index in [0.717, 1.165) is 38.2 Å². The number of nitrogens with one attached hydrogen (secondary N) is 2. The Morgan fingerprint density at radius 3 is 2.71 bits per heavy atom. The van der Waals surface area contributed by atoms with Crippen molar-refractivity contribution < 1.29 is 4.74 Å². The van der Waals surface area contributed by atoms with Gasteiger partial charge in [0.15, 0.2) is 0 Å². The average Bonchev–Trinajstić information content (AvgIpc) is 2.33. The Hall–Kier alpha value is -1.40. The van der Waals surface area contributed by atoms with Crippen LogP contribution in [0.3, 0.4) is 0 Å². The van der Waals surface area contributed by atoms with E-state index in [9.17, 15) is 0 Å². The number of aryl methyl sites for hydroxylation is 1. The van der Waals surface area contributed by atoms with Gasteiger partial charge < -0.3 is 15.5 Å². The van der Waals surface area contributed by atoms with Crippen LogP contribution in [-0.2, 0) is 4.74 Å². The van der Waals surface area contributed by atoms with Gasteiger partial charge in [0.1, 0.15) is 17.5 Å². The maximum absolute atomic E-state index is 5.32. The first kappa shape index (κ1) is 13.7. The highest BCUT2D eigenvalue weighted by Crippen LogP contribution is 2.10. The summed E-state index contributed by atoms with van der Waals surface area (Å²) in [6, 6.07) is 1.79. The van der Waals surface area contributed by atoms with Crippen LogP contribution in [0.5, 0.6) is 0 Å². The molecule has 6 nitrogen and oxygen atoms in total. The maximum atomic E-state index is 5.32. The summed E-state index contributed by atoms with van der Waals surface area (Å²) in [5.41, 5.74) is 2.52. The minimum atomic E-state index is 0.624. The summed E-state index contributed by atoms with van der Waals surface area (Å²) in [6.45, 7) is 3.56. The summed E-state index contributed by atoms with van der Waals surface area (Å²) in [4.78, 5) is 8.39. The lowest BCUT2D eigenvalue weighted by Gasteiger charge is -2.08. The minimum Gasteiger partial charge on any atom is -0.385 e. The molecule has 17 heavy (non-hydrogen) atoms. The summed E-state index contributed by atoms with van der Waals surface area (Å²) in [5.74, 6) is 7.44. The molecule has 0 aliphatic rings. The number of hydrogen-bond donors (Lipinski definition) is 3. The molecule has 1 rings (SSSR count). The molecule has 0 bridgehead atoms. The fraction of sp³-hybridized carbons (Fsp3) is 0.636. The first-order valence-electron chi connectivity index (χ1n) is 5.81. The van der Waals surface area contributed by atoms with Crippen molar-refractivity contribution in [2.24, 2.45) is 5.84 Å². The Balaban J connectivity index is 2.28. The third-order valence-electron chi connectivity index (χ3n) is 2.32. The van der Waals surface area contributed by atoms with Crippen LogP contribution in [0.4, 0.5) is 11.6 Å². The van der Waals surface area contributed by atoms with Gasteiger partial charge in [0, 0.05) is 26.3 Å². The van der Waals surface area contributed by atoms with Gasteiger partial charge in [-0.1, -0.05) is 0 Å². The molecule has 0 spiro atoms. The third kappa shape index (κ3) is 5.46. The van der Waals surface area contributed by atoms with E-state index in [1.165, 1.54) is 0 Å². The minimum absolute atomic E-state index is 0.624. The van der Waals surface area contributed by atoms with Crippen LogP contribution in [0.1, 0.15) is 25.1 Å². The van der Waals surface area contributed by atoms with Crippen molar-refractivity contribution in [3.63, 3.8) is 0 Å². The SMILES string of the molecule is COCCCCCNc1cc(NN)nc(C)n1. The van der Waals surface area contributed by atoms with Crippen molar-refractivity contribution in [1.82, 2.24) is 9.97 Å². The fourth-order valence-corrected chi connectivity index (χ4v) is 1.50. The summed E-state index contributed by atoms with van der Waals surface area (Å²) in [7, 11) is 1.73. The molecule has 0 atom stereocenters. The summed E-state index contributed by atoms with van der Waals surface area (Å²) < 4.78 is 4.99. The second-order valence-electron chi connectivity index (χ2n) is 3.81. The van der Waals surface area contributed by atoms with E-state index in [0.29, 0.717) is 11.6 Å². The van der Waals surface area contributed by atoms with Crippen molar-refractivity contribution in [3.8, 4) is 0 Å². The zero-order valence-electron chi connectivity index (χ0n) is 10.5. The van der Waals surface area contributed by atoms with E-state index >= 15 is 0 Å². The highest BCUT2D eigenvalue weighted by Gasteiger charge is 1.99. The number of methoxy groups -OCH3 is 1. The lowest BCUT2D eigenvalue weighted by molar-refractivity contribution is 0.192. The van der Waals surface area contributed by atoms with Crippen molar-refractivity contribution in [2.45, 2.75) is 26.2 Å². The quantitative estimate of drug-likeness (QED) is 0.360. The van der Waals surface area contributed by atoms with Crippen LogP contribution in [0.15, 0.2) is 6.07 Å². The fourth-order valence-electron chi connectivity index (χ4n) is 1.50. The van der Waals surface area contributed by atoms with Gasteiger partial charge >= 0.3 is 0 Å². The smallest absolute Gasteiger partial charge is 0.145 e. The topological polar surface area (TPSA) is 85.1 Å². The first-order chi connectivity index (χ1) is 8.26. The van der Waals surface area contributed by atoms with Crippen molar-refractivity contribution in [1.29, 1.82) is 0 Å². The first-order valence-corrected chi connectivity index (χ1v) is 5.81. The van der Waals surface area contributed by atoms with Gasteiger partial charge in [0.25, 0.3) is 0 Å². The van der Waals surface area contributed by atoms with Gasteiger partial charge in [0.05, 0.1) is 0 Å². The van der Waals surface area contributed by atoms with Crippen LogP contribution in [-0.4, -0.2) is 30.2 Å². The van der Waals surface area contributed by atoms with Gasteiger partial charge in [0.2, 0.25) is 0 Å². The molecule has 0 amide bonds. The van der Waals surface area contributed by atoms with E-state index < -0.39 is 0 Å². The Kier molecular flexibility index (Phi) is 6.27. The zero-order valence-corrected chi connectivity index (χ0v) is 10.5. The number of nitrogens with two attached hydrogens (primary N) is 1. The van der Waals surface area contributed by atoms with Gasteiger partial charge in [-0.15, -0.1) is 0 Å². The van der Waals surface area contributed by atoms with E-state index in [4.69, 9.17) is 10.6 Å². The molecule has 6 heteroatoms. The number of anilines is 2. The molecule has 1 aromatic rings. The molecule has 0 aromatic carbocycles. The van der Waals surface area contributed by atoms with Crippen molar-refractivity contribution >= 4 is 11.6 Å². The van der Waals surface area contributed by atoms with Gasteiger partial charge in [-0.05, 0) is 26.2 Å².